The highest BCUT2D eigenvalue weighted by Crippen LogP contribution is 2.28. The van der Waals surface area contributed by atoms with Crippen LogP contribution >= 0.6 is 0 Å². The Balaban J connectivity index is 1.95. The van der Waals surface area contributed by atoms with Crippen molar-refractivity contribution in [3.05, 3.63) is 63.2 Å². The Kier molecular flexibility index (Phi) is 6.36. The van der Waals surface area contributed by atoms with Gasteiger partial charge in [0.2, 0.25) is 0 Å². The average molecular weight is 344 g/mol. The summed E-state index contributed by atoms with van der Waals surface area (Å²) in [7, 11) is 5.30. The SMILES string of the molecule is COc1ccc(CN(C)CCc2ccc([N+](=O)[O-])c(C)c2)cc1OC. The fourth-order valence-electron chi connectivity index (χ4n) is 2.77. The summed E-state index contributed by atoms with van der Waals surface area (Å²) >= 11 is 0. The van der Waals surface area contributed by atoms with Gasteiger partial charge in [-0.15, -0.1) is 0 Å². The van der Waals surface area contributed by atoms with Crippen molar-refractivity contribution < 1.29 is 14.4 Å². The Bertz CT molecular complexity index is 746. The summed E-state index contributed by atoms with van der Waals surface area (Å²) in [4.78, 5) is 12.7. The number of likely N-dealkylation sites (N-methyl/N-ethyl adjacent to an activating group) is 1. The highest BCUT2D eigenvalue weighted by Gasteiger charge is 2.11. The maximum atomic E-state index is 10.9. The quantitative estimate of drug-likeness (QED) is 0.541. The second kappa shape index (κ2) is 8.48. The van der Waals surface area contributed by atoms with Crippen molar-refractivity contribution in [3.8, 4) is 11.5 Å². The van der Waals surface area contributed by atoms with E-state index in [2.05, 4.69) is 11.9 Å². The van der Waals surface area contributed by atoms with Gasteiger partial charge < -0.3 is 14.4 Å². The van der Waals surface area contributed by atoms with E-state index < -0.39 is 0 Å². The smallest absolute Gasteiger partial charge is 0.272 e. The Morgan fingerprint density at radius 1 is 1.04 bits per heavy atom. The van der Waals surface area contributed by atoms with Gasteiger partial charge in [0.15, 0.2) is 11.5 Å². The highest BCUT2D eigenvalue weighted by atomic mass is 16.6. The molecule has 0 aliphatic heterocycles. The van der Waals surface area contributed by atoms with Gasteiger partial charge >= 0.3 is 0 Å². The predicted octanol–water partition coefficient (Wildman–Crippen LogP) is 3.59. The minimum atomic E-state index is -0.345. The maximum absolute atomic E-state index is 10.9. The topological polar surface area (TPSA) is 64.8 Å². The number of methoxy groups -OCH3 is 2. The number of hydrogen-bond donors (Lipinski definition) is 0. The molecule has 0 bridgehead atoms. The summed E-state index contributed by atoms with van der Waals surface area (Å²) in [6.07, 6.45) is 0.836. The Hall–Kier alpha value is -2.60. The lowest BCUT2D eigenvalue weighted by molar-refractivity contribution is -0.385. The minimum Gasteiger partial charge on any atom is -0.493 e. The molecule has 0 spiro atoms. The van der Waals surface area contributed by atoms with Crippen LogP contribution in [0.25, 0.3) is 0 Å². The van der Waals surface area contributed by atoms with Crippen molar-refractivity contribution in [2.75, 3.05) is 27.8 Å². The maximum Gasteiger partial charge on any atom is 0.272 e. The second-order valence-electron chi connectivity index (χ2n) is 6.06. The molecule has 2 aromatic rings. The fourth-order valence-corrected chi connectivity index (χ4v) is 2.77. The van der Waals surface area contributed by atoms with Crippen LogP contribution in [0.2, 0.25) is 0 Å². The molecule has 2 rings (SSSR count). The van der Waals surface area contributed by atoms with E-state index in [4.69, 9.17) is 9.47 Å². The van der Waals surface area contributed by atoms with Gasteiger partial charge in [0, 0.05) is 24.7 Å². The molecule has 0 amide bonds. The van der Waals surface area contributed by atoms with Gasteiger partial charge in [-0.2, -0.15) is 0 Å². The summed E-state index contributed by atoms with van der Waals surface area (Å²) in [5, 5.41) is 10.9. The van der Waals surface area contributed by atoms with Crippen LogP contribution < -0.4 is 9.47 Å². The predicted molar refractivity (Wildman–Crippen MR) is 97.4 cm³/mol. The van der Waals surface area contributed by atoms with E-state index in [0.29, 0.717) is 5.56 Å². The molecular formula is C19H24N2O4. The number of nitro benzene ring substituents is 1. The van der Waals surface area contributed by atoms with E-state index in [1.807, 2.05) is 30.3 Å². The number of aryl methyl sites for hydroxylation is 1. The Labute approximate surface area is 148 Å². The van der Waals surface area contributed by atoms with E-state index in [9.17, 15) is 10.1 Å². The van der Waals surface area contributed by atoms with Crippen LogP contribution in [0.5, 0.6) is 11.5 Å². The van der Waals surface area contributed by atoms with Crippen molar-refractivity contribution in [2.24, 2.45) is 0 Å². The fraction of sp³-hybridized carbons (Fsp3) is 0.368. The van der Waals surface area contributed by atoms with E-state index in [-0.39, 0.29) is 10.6 Å². The molecule has 134 valence electrons. The molecule has 25 heavy (non-hydrogen) atoms. The van der Waals surface area contributed by atoms with Crippen molar-refractivity contribution >= 4 is 5.69 Å². The molecule has 0 aromatic heterocycles. The van der Waals surface area contributed by atoms with E-state index in [0.717, 1.165) is 42.1 Å². The first kappa shape index (κ1) is 18.7. The van der Waals surface area contributed by atoms with Gasteiger partial charge in [0.25, 0.3) is 5.69 Å². The summed E-state index contributed by atoms with van der Waals surface area (Å²) in [6, 6.07) is 11.2. The lowest BCUT2D eigenvalue weighted by atomic mass is 10.1. The van der Waals surface area contributed by atoms with Crippen LogP contribution in [-0.4, -0.2) is 37.6 Å². The molecule has 0 radical (unpaired) electrons. The van der Waals surface area contributed by atoms with E-state index >= 15 is 0 Å². The minimum absolute atomic E-state index is 0.169. The van der Waals surface area contributed by atoms with Crippen LogP contribution in [0.1, 0.15) is 16.7 Å². The van der Waals surface area contributed by atoms with Gasteiger partial charge in [-0.05, 0) is 49.7 Å². The molecule has 0 heterocycles. The summed E-state index contributed by atoms with van der Waals surface area (Å²) in [5.41, 5.74) is 3.11. The Morgan fingerprint density at radius 2 is 1.72 bits per heavy atom. The van der Waals surface area contributed by atoms with Gasteiger partial charge in [0.1, 0.15) is 0 Å². The molecule has 0 fully saturated rings. The van der Waals surface area contributed by atoms with E-state index in [1.54, 1.807) is 27.2 Å². The first-order valence-electron chi connectivity index (χ1n) is 8.08. The third-order valence-corrected chi connectivity index (χ3v) is 4.14. The van der Waals surface area contributed by atoms with Crippen LogP contribution in [0.3, 0.4) is 0 Å². The Morgan fingerprint density at radius 3 is 2.32 bits per heavy atom. The zero-order valence-corrected chi connectivity index (χ0v) is 15.1. The number of benzene rings is 2. The number of rotatable bonds is 8. The number of ether oxygens (including phenoxy) is 2. The van der Waals surface area contributed by atoms with Crippen molar-refractivity contribution in [1.82, 2.24) is 4.90 Å². The zero-order valence-electron chi connectivity index (χ0n) is 15.1. The summed E-state index contributed by atoms with van der Waals surface area (Å²) < 4.78 is 10.6. The van der Waals surface area contributed by atoms with Crippen LogP contribution in [0.4, 0.5) is 5.69 Å². The van der Waals surface area contributed by atoms with Gasteiger partial charge in [-0.25, -0.2) is 0 Å². The zero-order chi connectivity index (χ0) is 18.4. The first-order valence-corrected chi connectivity index (χ1v) is 8.08. The van der Waals surface area contributed by atoms with Gasteiger partial charge in [0.05, 0.1) is 19.1 Å². The molecule has 0 saturated carbocycles. The molecule has 6 nitrogen and oxygen atoms in total. The summed E-state index contributed by atoms with van der Waals surface area (Å²) in [6.45, 7) is 3.41. The lowest BCUT2D eigenvalue weighted by Gasteiger charge is -2.18. The average Bonchev–Trinajstić information content (AvgIpc) is 2.59. The lowest BCUT2D eigenvalue weighted by Crippen LogP contribution is -2.20. The first-order chi connectivity index (χ1) is 11.9. The standard InChI is InChI=1S/C19H24N2O4/c1-14-11-15(5-7-17(14)21(22)23)9-10-20(2)13-16-6-8-18(24-3)19(12-16)25-4/h5-8,11-12H,9-10,13H2,1-4H3. The number of nitrogens with zero attached hydrogens (tertiary/aromatic N) is 2. The molecular weight excluding hydrogens is 320 g/mol. The normalized spacial score (nSPS) is 10.8. The molecule has 2 aromatic carbocycles. The molecule has 0 unspecified atom stereocenters. The van der Waals surface area contributed by atoms with Crippen LogP contribution in [0, 0.1) is 17.0 Å². The second-order valence-corrected chi connectivity index (χ2v) is 6.06. The van der Waals surface area contributed by atoms with Crippen molar-refractivity contribution in [2.45, 2.75) is 19.9 Å². The highest BCUT2D eigenvalue weighted by molar-refractivity contribution is 5.43. The third kappa shape index (κ3) is 4.93. The van der Waals surface area contributed by atoms with E-state index in [1.165, 1.54) is 0 Å². The van der Waals surface area contributed by atoms with Gasteiger partial charge in [-0.3, -0.25) is 10.1 Å². The number of nitro groups is 1. The largest absolute Gasteiger partial charge is 0.493 e. The molecule has 0 atom stereocenters. The molecule has 0 N–H and O–H groups in total. The molecule has 0 aliphatic rings. The summed E-state index contributed by atoms with van der Waals surface area (Å²) in [5.74, 6) is 1.44. The molecule has 6 heteroatoms. The van der Waals surface area contributed by atoms with Crippen LogP contribution in [0.15, 0.2) is 36.4 Å². The monoisotopic (exact) mass is 344 g/mol. The number of hydrogen-bond acceptors (Lipinski definition) is 5. The molecule has 0 aliphatic carbocycles. The van der Waals surface area contributed by atoms with Crippen molar-refractivity contribution in [3.63, 3.8) is 0 Å². The van der Waals surface area contributed by atoms with Crippen LogP contribution in [-0.2, 0) is 13.0 Å². The third-order valence-electron chi connectivity index (χ3n) is 4.14. The molecule has 0 saturated heterocycles. The van der Waals surface area contributed by atoms with Crippen molar-refractivity contribution in [1.29, 1.82) is 0 Å². The van der Waals surface area contributed by atoms with Gasteiger partial charge in [-0.1, -0.05) is 12.1 Å².